The molecule has 0 unspecified atom stereocenters. The van der Waals surface area contributed by atoms with E-state index in [1.165, 1.54) is 11.3 Å². The van der Waals surface area contributed by atoms with Gasteiger partial charge in [-0.2, -0.15) is 5.10 Å². The standard InChI is InChI=1S/C23H21ClN4OS/c1-16-22(30-15-25-16)23(29)27(2)12-19-14-28(13-18-10-6-7-11-20(18)24)26-21(19)17-8-4-3-5-9-17/h3-11,14-15H,12-13H2,1-2H3. The second-order valence-electron chi connectivity index (χ2n) is 7.09. The molecule has 7 heteroatoms. The van der Waals surface area contributed by atoms with Crippen molar-refractivity contribution in [3.63, 3.8) is 0 Å². The zero-order chi connectivity index (χ0) is 21.1. The molecule has 1 amide bonds. The van der Waals surface area contributed by atoms with Crippen LogP contribution in [0.4, 0.5) is 0 Å². The van der Waals surface area contributed by atoms with Crippen LogP contribution in [0.1, 0.15) is 26.5 Å². The molecule has 0 aliphatic heterocycles. The molecule has 0 N–H and O–H groups in total. The Morgan fingerprint density at radius 1 is 1.10 bits per heavy atom. The van der Waals surface area contributed by atoms with Crippen LogP contribution in [0.5, 0.6) is 0 Å². The molecule has 30 heavy (non-hydrogen) atoms. The van der Waals surface area contributed by atoms with Crippen molar-refractivity contribution in [2.75, 3.05) is 7.05 Å². The number of aryl methyl sites for hydroxylation is 1. The van der Waals surface area contributed by atoms with Crippen LogP contribution in [-0.4, -0.2) is 32.6 Å². The van der Waals surface area contributed by atoms with Crippen LogP contribution < -0.4 is 0 Å². The third-order valence-corrected chi connectivity index (χ3v) is 6.15. The molecule has 0 bridgehead atoms. The number of hydrogen-bond acceptors (Lipinski definition) is 4. The van der Waals surface area contributed by atoms with E-state index in [4.69, 9.17) is 16.7 Å². The molecule has 4 rings (SSSR count). The average molecular weight is 437 g/mol. The first-order chi connectivity index (χ1) is 14.5. The number of thiazole rings is 1. The number of amides is 1. The normalized spacial score (nSPS) is 10.9. The summed E-state index contributed by atoms with van der Waals surface area (Å²) in [6, 6.07) is 17.8. The summed E-state index contributed by atoms with van der Waals surface area (Å²) in [5, 5.41) is 5.53. The fraction of sp³-hybridized carbons (Fsp3) is 0.174. The Labute approximate surface area is 184 Å². The molecule has 152 valence electrons. The minimum atomic E-state index is -0.0344. The zero-order valence-corrected chi connectivity index (χ0v) is 18.3. The quantitative estimate of drug-likeness (QED) is 0.412. The van der Waals surface area contributed by atoms with Crippen LogP contribution >= 0.6 is 22.9 Å². The fourth-order valence-electron chi connectivity index (χ4n) is 3.31. The first-order valence-corrected chi connectivity index (χ1v) is 10.8. The highest BCUT2D eigenvalue weighted by molar-refractivity contribution is 7.11. The van der Waals surface area contributed by atoms with Gasteiger partial charge in [-0.25, -0.2) is 4.98 Å². The van der Waals surface area contributed by atoms with Crippen molar-refractivity contribution in [3.05, 3.63) is 93.0 Å². The van der Waals surface area contributed by atoms with Crippen LogP contribution in [0.3, 0.4) is 0 Å². The third kappa shape index (κ3) is 4.30. The van der Waals surface area contributed by atoms with Crippen molar-refractivity contribution in [2.24, 2.45) is 0 Å². The van der Waals surface area contributed by atoms with Gasteiger partial charge in [0, 0.05) is 35.9 Å². The van der Waals surface area contributed by atoms with Gasteiger partial charge in [0.1, 0.15) is 4.88 Å². The van der Waals surface area contributed by atoms with E-state index in [-0.39, 0.29) is 5.91 Å². The molecule has 5 nitrogen and oxygen atoms in total. The molecule has 2 aromatic carbocycles. The van der Waals surface area contributed by atoms with Gasteiger partial charge in [0.25, 0.3) is 5.91 Å². The van der Waals surface area contributed by atoms with Crippen LogP contribution in [-0.2, 0) is 13.1 Å². The molecular weight excluding hydrogens is 416 g/mol. The van der Waals surface area contributed by atoms with Gasteiger partial charge in [-0.05, 0) is 18.6 Å². The number of benzene rings is 2. The van der Waals surface area contributed by atoms with E-state index >= 15 is 0 Å². The average Bonchev–Trinajstić information content (AvgIpc) is 3.35. The lowest BCUT2D eigenvalue weighted by molar-refractivity contribution is 0.0789. The SMILES string of the molecule is Cc1ncsc1C(=O)N(C)Cc1cn(Cc2ccccc2Cl)nc1-c1ccccc1. The number of hydrogen-bond donors (Lipinski definition) is 0. The Hall–Kier alpha value is -2.96. The van der Waals surface area contributed by atoms with Crippen molar-refractivity contribution < 1.29 is 4.79 Å². The molecule has 0 aliphatic carbocycles. The predicted molar refractivity (Wildman–Crippen MR) is 121 cm³/mol. The van der Waals surface area contributed by atoms with Crippen molar-refractivity contribution >= 4 is 28.8 Å². The molecule has 0 saturated carbocycles. The van der Waals surface area contributed by atoms with E-state index < -0.39 is 0 Å². The van der Waals surface area contributed by atoms with Gasteiger partial charge in [-0.3, -0.25) is 9.48 Å². The Balaban J connectivity index is 1.65. The Morgan fingerprint density at radius 2 is 1.83 bits per heavy atom. The van der Waals surface area contributed by atoms with Crippen LogP contribution in [0.15, 0.2) is 66.3 Å². The second kappa shape index (κ2) is 8.81. The summed E-state index contributed by atoms with van der Waals surface area (Å²) in [6.07, 6.45) is 2.00. The molecule has 4 aromatic rings. The second-order valence-corrected chi connectivity index (χ2v) is 8.35. The molecule has 0 atom stereocenters. The molecule has 0 spiro atoms. The predicted octanol–water partition coefficient (Wildman–Crippen LogP) is 5.29. The van der Waals surface area contributed by atoms with Crippen LogP contribution in [0.25, 0.3) is 11.3 Å². The third-order valence-electron chi connectivity index (χ3n) is 4.87. The summed E-state index contributed by atoms with van der Waals surface area (Å²) in [5.74, 6) is -0.0344. The minimum Gasteiger partial charge on any atom is -0.336 e. The van der Waals surface area contributed by atoms with E-state index in [1.54, 1.807) is 10.4 Å². The van der Waals surface area contributed by atoms with Crippen molar-refractivity contribution in [1.82, 2.24) is 19.7 Å². The maximum absolute atomic E-state index is 12.9. The van der Waals surface area contributed by atoms with Crippen LogP contribution in [0.2, 0.25) is 5.02 Å². The van der Waals surface area contributed by atoms with Gasteiger partial charge in [-0.15, -0.1) is 11.3 Å². The summed E-state index contributed by atoms with van der Waals surface area (Å²) in [7, 11) is 1.81. The molecule has 0 radical (unpaired) electrons. The van der Waals surface area contributed by atoms with Crippen molar-refractivity contribution in [3.8, 4) is 11.3 Å². The van der Waals surface area contributed by atoms with Crippen LogP contribution in [0, 0.1) is 6.92 Å². The van der Waals surface area contributed by atoms with Gasteiger partial charge in [0.15, 0.2) is 0 Å². The van der Waals surface area contributed by atoms with E-state index in [2.05, 4.69) is 4.98 Å². The molecule has 0 fully saturated rings. The summed E-state index contributed by atoms with van der Waals surface area (Å²) in [4.78, 5) is 19.4. The number of carbonyl (C=O) groups is 1. The molecular formula is C23H21ClN4OS. The first-order valence-electron chi connectivity index (χ1n) is 9.53. The summed E-state index contributed by atoms with van der Waals surface area (Å²) >= 11 is 7.70. The molecule has 0 aliphatic rings. The molecule has 0 saturated heterocycles. The van der Waals surface area contributed by atoms with E-state index in [9.17, 15) is 4.79 Å². The highest BCUT2D eigenvalue weighted by atomic mass is 35.5. The Kier molecular flexibility index (Phi) is 5.97. The van der Waals surface area contributed by atoms with E-state index in [0.717, 1.165) is 28.1 Å². The summed E-state index contributed by atoms with van der Waals surface area (Å²) in [5.41, 5.74) is 6.31. The van der Waals surface area contributed by atoms with Crippen molar-refractivity contribution in [2.45, 2.75) is 20.0 Å². The topological polar surface area (TPSA) is 51.0 Å². The van der Waals surface area contributed by atoms with E-state index in [1.807, 2.05) is 79.4 Å². The smallest absolute Gasteiger partial charge is 0.265 e. The monoisotopic (exact) mass is 436 g/mol. The fourth-order valence-corrected chi connectivity index (χ4v) is 4.30. The van der Waals surface area contributed by atoms with Gasteiger partial charge in [0.2, 0.25) is 0 Å². The van der Waals surface area contributed by atoms with Gasteiger partial charge < -0.3 is 4.90 Å². The number of rotatable bonds is 6. The summed E-state index contributed by atoms with van der Waals surface area (Å²) < 4.78 is 1.88. The van der Waals surface area contributed by atoms with Gasteiger partial charge >= 0.3 is 0 Å². The largest absolute Gasteiger partial charge is 0.336 e. The van der Waals surface area contributed by atoms with E-state index in [0.29, 0.717) is 23.0 Å². The molecule has 2 heterocycles. The number of nitrogens with zero attached hydrogens (tertiary/aromatic N) is 4. The highest BCUT2D eigenvalue weighted by Gasteiger charge is 2.20. The number of halogens is 1. The number of aromatic nitrogens is 3. The maximum atomic E-state index is 12.9. The van der Waals surface area contributed by atoms with Gasteiger partial charge in [0.05, 0.1) is 23.4 Å². The van der Waals surface area contributed by atoms with Crippen molar-refractivity contribution in [1.29, 1.82) is 0 Å². The zero-order valence-electron chi connectivity index (χ0n) is 16.7. The highest BCUT2D eigenvalue weighted by Crippen LogP contribution is 2.25. The lowest BCUT2D eigenvalue weighted by Crippen LogP contribution is -2.26. The maximum Gasteiger partial charge on any atom is 0.265 e. The lowest BCUT2D eigenvalue weighted by Gasteiger charge is -2.16. The number of carbonyl (C=O) groups excluding carboxylic acids is 1. The summed E-state index contributed by atoms with van der Waals surface area (Å²) in [6.45, 7) is 2.86. The van der Waals surface area contributed by atoms with Gasteiger partial charge in [-0.1, -0.05) is 60.1 Å². The Morgan fingerprint density at radius 3 is 2.53 bits per heavy atom. The Bertz CT molecular complexity index is 1170. The molecule has 2 aromatic heterocycles. The lowest BCUT2D eigenvalue weighted by atomic mass is 10.1. The minimum absolute atomic E-state index is 0.0344. The first kappa shape index (κ1) is 20.3.